The molecule has 0 saturated heterocycles. The summed E-state index contributed by atoms with van der Waals surface area (Å²) >= 11 is 0. The van der Waals surface area contributed by atoms with Gasteiger partial charge in [0.05, 0.1) is 6.42 Å². The Bertz CT molecular complexity index is 740. The molecule has 0 fully saturated rings. The van der Waals surface area contributed by atoms with Gasteiger partial charge in [-0.3, -0.25) is 14.9 Å². The summed E-state index contributed by atoms with van der Waals surface area (Å²) in [6, 6.07) is 6.44. The summed E-state index contributed by atoms with van der Waals surface area (Å²) in [5.41, 5.74) is 1.00. The number of aromatic nitrogens is 1. The van der Waals surface area contributed by atoms with Crippen molar-refractivity contribution in [3.8, 4) is 0 Å². The van der Waals surface area contributed by atoms with Crippen molar-refractivity contribution in [3.63, 3.8) is 0 Å². The number of nitrogens with one attached hydrogen (secondary N) is 2. The fraction of sp³-hybridized carbons (Fsp3) is 0.375. The second-order valence-corrected chi connectivity index (χ2v) is 5.29. The topological polar surface area (TPSA) is 111 Å². The first-order valence-corrected chi connectivity index (χ1v) is 7.58. The van der Waals surface area contributed by atoms with E-state index in [0.717, 1.165) is 6.42 Å². The van der Waals surface area contributed by atoms with Crippen LogP contribution in [0, 0.1) is 0 Å². The second kappa shape index (κ2) is 8.09. The minimum absolute atomic E-state index is 0.0548. The molecule has 1 aromatic heterocycles. The lowest BCUT2D eigenvalue weighted by Crippen LogP contribution is -2.44. The number of nitrogens with zero attached hydrogens (tertiary/aromatic N) is 1. The minimum Gasteiger partial charge on any atom is -0.455 e. The average molecular weight is 333 g/mol. The number of hydrogen-bond donors (Lipinski definition) is 2. The molecule has 1 heterocycles. The Morgan fingerprint density at radius 3 is 2.79 bits per heavy atom. The van der Waals surface area contributed by atoms with Crippen LogP contribution in [0.2, 0.25) is 0 Å². The third-order valence-electron chi connectivity index (χ3n) is 3.37. The average Bonchev–Trinajstić information content (AvgIpc) is 2.96. The number of fused-ring (bicyclic) bond motifs is 1. The van der Waals surface area contributed by atoms with Gasteiger partial charge in [-0.05, 0) is 25.5 Å². The first-order valence-electron chi connectivity index (χ1n) is 7.58. The van der Waals surface area contributed by atoms with E-state index in [0.29, 0.717) is 16.7 Å². The Labute approximate surface area is 138 Å². The molecule has 0 bridgehead atoms. The van der Waals surface area contributed by atoms with Crippen LogP contribution in [0.5, 0.6) is 0 Å². The molecule has 2 rings (SSSR count). The maximum atomic E-state index is 11.8. The highest BCUT2D eigenvalue weighted by Gasteiger charge is 2.15. The molecular weight excluding hydrogens is 314 g/mol. The van der Waals surface area contributed by atoms with Gasteiger partial charge in [0.25, 0.3) is 5.91 Å². The lowest BCUT2D eigenvalue weighted by Gasteiger charge is -2.11. The smallest absolute Gasteiger partial charge is 0.321 e. The van der Waals surface area contributed by atoms with E-state index in [1.54, 1.807) is 24.3 Å². The van der Waals surface area contributed by atoms with Gasteiger partial charge in [0, 0.05) is 11.4 Å². The summed E-state index contributed by atoms with van der Waals surface area (Å²) in [7, 11) is 0. The molecule has 1 aromatic carbocycles. The van der Waals surface area contributed by atoms with E-state index in [4.69, 9.17) is 9.26 Å². The summed E-state index contributed by atoms with van der Waals surface area (Å²) in [6.45, 7) is 3.18. The molecule has 0 aliphatic carbocycles. The van der Waals surface area contributed by atoms with Gasteiger partial charge in [-0.25, -0.2) is 4.79 Å². The highest BCUT2D eigenvalue weighted by molar-refractivity contribution is 5.95. The lowest BCUT2D eigenvalue weighted by atomic mass is 10.2. The third-order valence-corrected chi connectivity index (χ3v) is 3.37. The number of carbonyl (C=O) groups excluding carboxylic acids is 3. The van der Waals surface area contributed by atoms with Crippen molar-refractivity contribution in [2.75, 3.05) is 6.61 Å². The number of benzene rings is 1. The van der Waals surface area contributed by atoms with E-state index in [1.165, 1.54) is 0 Å². The van der Waals surface area contributed by atoms with Gasteiger partial charge in [0.2, 0.25) is 0 Å². The molecule has 0 unspecified atom stereocenters. The maximum Gasteiger partial charge on any atom is 0.321 e. The molecule has 1 atom stereocenters. The van der Waals surface area contributed by atoms with Gasteiger partial charge in [-0.2, -0.15) is 0 Å². The number of amides is 3. The summed E-state index contributed by atoms with van der Waals surface area (Å²) in [5, 5.41) is 9.19. The standard InChI is InChI=1S/C16H19N3O5/c1-3-10(2)17-16(22)18-14(20)9-23-15(21)8-12-11-6-4-5-7-13(11)24-19-12/h4-7,10H,3,8-9H2,1-2H3,(H2,17,18,20,22)/t10-/m0/s1. The zero-order valence-corrected chi connectivity index (χ0v) is 13.5. The molecule has 0 aliphatic heterocycles. The van der Waals surface area contributed by atoms with E-state index in [2.05, 4.69) is 15.8 Å². The Morgan fingerprint density at radius 2 is 2.04 bits per heavy atom. The third kappa shape index (κ3) is 4.80. The van der Waals surface area contributed by atoms with Crippen LogP contribution in [0.15, 0.2) is 28.8 Å². The van der Waals surface area contributed by atoms with Crippen molar-refractivity contribution >= 4 is 28.9 Å². The predicted molar refractivity (Wildman–Crippen MR) is 85.1 cm³/mol. The molecule has 0 radical (unpaired) electrons. The van der Waals surface area contributed by atoms with Gasteiger partial charge in [0.15, 0.2) is 12.2 Å². The summed E-state index contributed by atoms with van der Waals surface area (Å²) in [4.78, 5) is 34.8. The SMILES string of the molecule is CC[C@H](C)NC(=O)NC(=O)COC(=O)Cc1noc2ccccc12. The summed E-state index contributed by atoms with van der Waals surface area (Å²) in [5.74, 6) is -1.33. The normalized spacial score (nSPS) is 11.8. The maximum absolute atomic E-state index is 11.8. The van der Waals surface area contributed by atoms with Gasteiger partial charge in [-0.1, -0.05) is 24.2 Å². The van der Waals surface area contributed by atoms with Crippen LogP contribution in [0.25, 0.3) is 11.0 Å². The predicted octanol–water partition coefficient (Wildman–Crippen LogP) is 1.54. The van der Waals surface area contributed by atoms with Crippen LogP contribution in [-0.4, -0.2) is 35.7 Å². The molecule has 128 valence electrons. The number of imide groups is 1. The van der Waals surface area contributed by atoms with Crippen molar-refractivity contribution in [1.29, 1.82) is 0 Å². The lowest BCUT2D eigenvalue weighted by molar-refractivity contribution is -0.147. The highest BCUT2D eigenvalue weighted by Crippen LogP contribution is 2.18. The molecule has 3 amide bonds. The molecule has 24 heavy (non-hydrogen) atoms. The van der Waals surface area contributed by atoms with Crippen LogP contribution in [0.1, 0.15) is 26.0 Å². The number of rotatable bonds is 6. The minimum atomic E-state index is -0.700. The van der Waals surface area contributed by atoms with Crippen LogP contribution >= 0.6 is 0 Å². The first kappa shape index (κ1) is 17.5. The summed E-state index contributed by atoms with van der Waals surface area (Å²) in [6.07, 6.45) is 0.617. The zero-order valence-electron chi connectivity index (χ0n) is 13.5. The van der Waals surface area contributed by atoms with E-state index in [1.807, 2.05) is 13.8 Å². The molecule has 8 heteroatoms. The molecule has 0 spiro atoms. The van der Waals surface area contributed by atoms with E-state index >= 15 is 0 Å². The number of urea groups is 1. The summed E-state index contributed by atoms with van der Waals surface area (Å²) < 4.78 is 9.93. The molecule has 8 nitrogen and oxygen atoms in total. The highest BCUT2D eigenvalue weighted by atomic mass is 16.5. The number of ether oxygens (including phenoxy) is 1. The van der Waals surface area contributed by atoms with Gasteiger partial charge >= 0.3 is 12.0 Å². The van der Waals surface area contributed by atoms with Crippen molar-refractivity contribution in [1.82, 2.24) is 15.8 Å². The Kier molecular flexibility index (Phi) is 5.89. The number of para-hydroxylation sites is 1. The first-order chi connectivity index (χ1) is 11.5. The van der Waals surface area contributed by atoms with Crippen LogP contribution in [0.3, 0.4) is 0 Å². The Morgan fingerprint density at radius 1 is 1.29 bits per heavy atom. The fourth-order valence-electron chi connectivity index (χ4n) is 1.92. The second-order valence-electron chi connectivity index (χ2n) is 5.29. The number of hydrogen-bond acceptors (Lipinski definition) is 6. The van der Waals surface area contributed by atoms with Crippen LogP contribution in [-0.2, 0) is 20.7 Å². The molecule has 2 aromatic rings. The molecule has 0 aliphatic rings. The van der Waals surface area contributed by atoms with E-state index in [9.17, 15) is 14.4 Å². The Hall–Kier alpha value is -2.90. The van der Waals surface area contributed by atoms with E-state index in [-0.39, 0.29) is 12.5 Å². The zero-order chi connectivity index (χ0) is 17.5. The number of esters is 1. The van der Waals surface area contributed by atoms with Crippen molar-refractivity contribution < 1.29 is 23.6 Å². The molecular formula is C16H19N3O5. The monoisotopic (exact) mass is 333 g/mol. The molecule has 2 N–H and O–H groups in total. The molecule has 0 saturated carbocycles. The Balaban J connectivity index is 1.78. The van der Waals surface area contributed by atoms with Crippen LogP contribution in [0.4, 0.5) is 4.79 Å². The number of carbonyl (C=O) groups is 3. The van der Waals surface area contributed by atoms with Gasteiger partial charge < -0.3 is 14.6 Å². The quantitative estimate of drug-likeness (QED) is 0.776. The van der Waals surface area contributed by atoms with Crippen molar-refractivity contribution in [2.24, 2.45) is 0 Å². The van der Waals surface area contributed by atoms with Crippen molar-refractivity contribution in [2.45, 2.75) is 32.7 Å². The van der Waals surface area contributed by atoms with Gasteiger partial charge in [-0.15, -0.1) is 0 Å². The van der Waals surface area contributed by atoms with Crippen molar-refractivity contribution in [3.05, 3.63) is 30.0 Å². The van der Waals surface area contributed by atoms with Gasteiger partial charge in [0.1, 0.15) is 5.69 Å². The van der Waals surface area contributed by atoms with Crippen LogP contribution < -0.4 is 10.6 Å². The fourth-order valence-corrected chi connectivity index (χ4v) is 1.92. The largest absolute Gasteiger partial charge is 0.455 e. The van der Waals surface area contributed by atoms with E-state index < -0.39 is 24.5 Å².